The molecule has 0 unspecified atom stereocenters. The Labute approximate surface area is 131 Å². The Hall–Kier alpha value is -2.72. The maximum absolute atomic E-state index is 11.7. The maximum atomic E-state index is 11.7. The van der Waals surface area contributed by atoms with E-state index in [1.54, 1.807) is 32.1 Å². The zero-order valence-corrected chi connectivity index (χ0v) is 13.6. The molecule has 0 heterocycles. The minimum atomic E-state index is -0.440. The molecule has 0 fully saturated rings. The van der Waals surface area contributed by atoms with E-state index in [0.29, 0.717) is 11.1 Å². The summed E-state index contributed by atoms with van der Waals surface area (Å²) in [6.07, 6.45) is 5.07. The van der Waals surface area contributed by atoms with Gasteiger partial charge in [0.2, 0.25) is 0 Å². The van der Waals surface area contributed by atoms with E-state index in [-0.39, 0.29) is 12.6 Å². The van der Waals surface area contributed by atoms with Gasteiger partial charge >= 0.3 is 11.9 Å². The Morgan fingerprint density at radius 3 is 2.41 bits per heavy atom. The topological polar surface area (TPSA) is 52.6 Å². The number of esters is 2. The number of carbonyl (C=O) groups is 2. The van der Waals surface area contributed by atoms with Crippen molar-refractivity contribution in [2.75, 3.05) is 13.7 Å². The van der Waals surface area contributed by atoms with Crippen LogP contribution in [-0.2, 0) is 19.1 Å². The SMILES string of the molecule is CC#CC(=C/C(C)=C/C#CCOC(C)=O)/C(=C\C)C(=O)OC. The summed E-state index contributed by atoms with van der Waals surface area (Å²) in [7, 11) is 1.33. The second-order valence-electron chi connectivity index (χ2n) is 4.12. The quantitative estimate of drug-likeness (QED) is 0.346. The van der Waals surface area contributed by atoms with Gasteiger partial charge in [0.05, 0.1) is 12.7 Å². The summed E-state index contributed by atoms with van der Waals surface area (Å²) in [5.74, 6) is 10.3. The van der Waals surface area contributed by atoms with E-state index in [1.165, 1.54) is 14.0 Å². The molecular weight excluding hydrogens is 280 g/mol. The van der Waals surface area contributed by atoms with Crippen molar-refractivity contribution in [3.05, 3.63) is 34.9 Å². The predicted molar refractivity (Wildman–Crippen MR) is 85.5 cm³/mol. The van der Waals surface area contributed by atoms with E-state index in [4.69, 9.17) is 9.47 Å². The highest BCUT2D eigenvalue weighted by Crippen LogP contribution is 2.14. The Morgan fingerprint density at radius 1 is 1.23 bits per heavy atom. The summed E-state index contributed by atoms with van der Waals surface area (Å²) in [6.45, 7) is 6.65. The average Bonchev–Trinajstić information content (AvgIpc) is 2.47. The summed E-state index contributed by atoms with van der Waals surface area (Å²) in [5.41, 5.74) is 1.78. The molecule has 22 heavy (non-hydrogen) atoms. The van der Waals surface area contributed by atoms with Gasteiger partial charge < -0.3 is 9.47 Å². The van der Waals surface area contributed by atoms with Crippen molar-refractivity contribution in [2.45, 2.75) is 27.7 Å². The molecular formula is C18H20O4. The molecule has 0 bridgehead atoms. The highest BCUT2D eigenvalue weighted by molar-refractivity contribution is 5.95. The number of carbonyl (C=O) groups excluding carboxylic acids is 2. The number of hydrogen-bond donors (Lipinski definition) is 0. The van der Waals surface area contributed by atoms with Crippen molar-refractivity contribution in [3.63, 3.8) is 0 Å². The second-order valence-corrected chi connectivity index (χ2v) is 4.12. The lowest BCUT2D eigenvalue weighted by molar-refractivity contribution is -0.139. The molecule has 0 radical (unpaired) electrons. The van der Waals surface area contributed by atoms with Crippen LogP contribution in [0.4, 0.5) is 0 Å². The van der Waals surface area contributed by atoms with E-state index >= 15 is 0 Å². The van der Waals surface area contributed by atoms with Crippen molar-refractivity contribution < 1.29 is 19.1 Å². The molecule has 0 rings (SSSR count). The van der Waals surface area contributed by atoms with E-state index in [9.17, 15) is 9.59 Å². The fourth-order valence-electron chi connectivity index (χ4n) is 1.42. The standard InChI is InChI=1S/C18H20O4/c1-6-10-16(17(7-2)18(20)21-5)13-14(3)11-8-9-12-22-15(4)19/h7,11,13H,12H2,1-5H3/b14-11+,16-13-,17-7+. The van der Waals surface area contributed by atoms with E-state index in [2.05, 4.69) is 23.7 Å². The molecule has 0 aliphatic rings. The summed E-state index contributed by atoms with van der Waals surface area (Å²) in [6, 6.07) is 0. The first-order valence-electron chi connectivity index (χ1n) is 6.64. The summed E-state index contributed by atoms with van der Waals surface area (Å²) < 4.78 is 9.43. The lowest BCUT2D eigenvalue weighted by Crippen LogP contribution is -2.06. The third kappa shape index (κ3) is 7.77. The Balaban J connectivity index is 5.24. The molecule has 0 saturated carbocycles. The fourth-order valence-corrected chi connectivity index (χ4v) is 1.42. The predicted octanol–water partition coefficient (Wildman–Crippen LogP) is 2.57. The zero-order chi connectivity index (χ0) is 17.0. The lowest BCUT2D eigenvalue weighted by Gasteiger charge is -2.04. The molecule has 116 valence electrons. The molecule has 0 aliphatic carbocycles. The Bertz CT molecular complexity index is 625. The van der Waals surface area contributed by atoms with Crippen molar-refractivity contribution >= 4 is 11.9 Å². The second kappa shape index (κ2) is 11.0. The molecule has 0 aliphatic heterocycles. The lowest BCUT2D eigenvalue weighted by atomic mass is 10.0. The maximum Gasteiger partial charge on any atom is 0.338 e. The van der Waals surface area contributed by atoms with E-state index < -0.39 is 5.97 Å². The largest absolute Gasteiger partial charge is 0.465 e. The van der Waals surface area contributed by atoms with Crippen LogP contribution >= 0.6 is 0 Å². The van der Waals surface area contributed by atoms with Crippen molar-refractivity contribution in [2.24, 2.45) is 0 Å². The number of rotatable bonds is 4. The minimum absolute atomic E-state index is 0.0483. The van der Waals surface area contributed by atoms with Gasteiger partial charge in [0.25, 0.3) is 0 Å². The normalized spacial score (nSPS) is 11.6. The van der Waals surface area contributed by atoms with Gasteiger partial charge in [-0.1, -0.05) is 23.8 Å². The third-order valence-electron chi connectivity index (χ3n) is 2.37. The number of ether oxygens (including phenoxy) is 2. The first kappa shape index (κ1) is 19.3. The van der Waals surface area contributed by atoms with E-state index in [0.717, 1.165) is 5.57 Å². The van der Waals surface area contributed by atoms with Crippen molar-refractivity contribution in [1.82, 2.24) is 0 Å². The molecule has 0 N–H and O–H groups in total. The van der Waals surface area contributed by atoms with Crippen LogP contribution in [0.15, 0.2) is 34.9 Å². The highest BCUT2D eigenvalue weighted by atomic mass is 16.5. The van der Waals surface area contributed by atoms with Crippen LogP contribution in [0, 0.1) is 23.7 Å². The van der Waals surface area contributed by atoms with Gasteiger partial charge in [0, 0.05) is 12.5 Å². The first-order valence-corrected chi connectivity index (χ1v) is 6.64. The van der Waals surface area contributed by atoms with Crippen LogP contribution in [0.5, 0.6) is 0 Å². The van der Waals surface area contributed by atoms with Crippen molar-refractivity contribution in [3.8, 4) is 23.7 Å². The van der Waals surface area contributed by atoms with Gasteiger partial charge in [0.1, 0.15) is 0 Å². The average molecular weight is 300 g/mol. The molecule has 0 aromatic carbocycles. The summed E-state index contributed by atoms with van der Waals surface area (Å²) in [5, 5.41) is 0. The molecule has 0 aromatic rings. The van der Waals surface area contributed by atoms with Crippen LogP contribution in [-0.4, -0.2) is 25.7 Å². The Kier molecular flexibility index (Phi) is 9.64. The van der Waals surface area contributed by atoms with Crippen LogP contribution < -0.4 is 0 Å². The monoisotopic (exact) mass is 300 g/mol. The summed E-state index contributed by atoms with van der Waals surface area (Å²) in [4.78, 5) is 22.3. The molecule has 0 saturated heterocycles. The molecule has 0 spiro atoms. The van der Waals surface area contributed by atoms with Gasteiger partial charge in [-0.05, 0) is 38.5 Å². The Morgan fingerprint density at radius 2 is 1.91 bits per heavy atom. The highest BCUT2D eigenvalue weighted by Gasteiger charge is 2.12. The van der Waals surface area contributed by atoms with Gasteiger partial charge in [-0.3, -0.25) is 4.79 Å². The number of allylic oxidation sites excluding steroid dienone is 4. The van der Waals surface area contributed by atoms with Gasteiger partial charge in [-0.25, -0.2) is 4.79 Å². The molecule has 0 amide bonds. The smallest absolute Gasteiger partial charge is 0.338 e. The van der Waals surface area contributed by atoms with Crippen molar-refractivity contribution in [1.29, 1.82) is 0 Å². The minimum Gasteiger partial charge on any atom is -0.465 e. The fraction of sp³-hybridized carbons (Fsp3) is 0.333. The van der Waals surface area contributed by atoms with Gasteiger partial charge in [-0.2, -0.15) is 0 Å². The molecule has 0 aromatic heterocycles. The van der Waals surface area contributed by atoms with Crippen LogP contribution in [0.25, 0.3) is 0 Å². The molecule has 4 nitrogen and oxygen atoms in total. The number of methoxy groups -OCH3 is 1. The molecule has 4 heteroatoms. The van der Waals surface area contributed by atoms with E-state index in [1.807, 2.05) is 6.92 Å². The summed E-state index contributed by atoms with van der Waals surface area (Å²) >= 11 is 0. The third-order valence-corrected chi connectivity index (χ3v) is 2.37. The number of hydrogen-bond acceptors (Lipinski definition) is 4. The van der Waals surface area contributed by atoms with Gasteiger partial charge in [-0.15, -0.1) is 5.92 Å². The van der Waals surface area contributed by atoms with Crippen LogP contribution in [0.1, 0.15) is 27.7 Å². The first-order chi connectivity index (χ1) is 10.5. The zero-order valence-electron chi connectivity index (χ0n) is 13.6. The molecule has 0 atom stereocenters. The van der Waals surface area contributed by atoms with Gasteiger partial charge in [0.15, 0.2) is 6.61 Å². The van der Waals surface area contributed by atoms with Crippen LogP contribution in [0.3, 0.4) is 0 Å². The van der Waals surface area contributed by atoms with Crippen LogP contribution in [0.2, 0.25) is 0 Å².